The summed E-state index contributed by atoms with van der Waals surface area (Å²) >= 11 is 0. The lowest BCUT2D eigenvalue weighted by Gasteiger charge is -2.32. The van der Waals surface area contributed by atoms with Crippen molar-refractivity contribution in [2.24, 2.45) is 5.92 Å². The van der Waals surface area contributed by atoms with E-state index in [1.165, 1.54) is 6.07 Å². The highest BCUT2D eigenvalue weighted by molar-refractivity contribution is 5.78. The van der Waals surface area contributed by atoms with Crippen molar-refractivity contribution in [3.63, 3.8) is 0 Å². The average Bonchev–Trinajstić information content (AvgIpc) is 2.47. The van der Waals surface area contributed by atoms with Gasteiger partial charge in [0.25, 0.3) is 0 Å². The van der Waals surface area contributed by atoms with Crippen LogP contribution in [0.15, 0.2) is 24.3 Å². The lowest BCUT2D eigenvalue weighted by molar-refractivity contribution is -0.126. The first kappa shape index (κ1) is 15.0. The molecule has 1 N–H and O–H groups in total. The van der Waals surface area contributed by atoms with Crippen molar-refractivity contribution in [3.8, 4) is 0 Å². The van der Waals surface area contributed by atoms with Crippen molar-refractivity contribution >= 4 is 5.91 Å². The third kappa shape index (κ3) is 4.04. The molecule has 0 radical (unpaired) electrons. The van der Waals surface area contributed by atoms with E-state index in [9.17, 15) is 9.18 Å². The van der Waals surface area contributed by atoms with Gasteiger partial charge in [-0.3, -0.25) is 9.69 Å². The monoisotopic (exact) mass is 278 g/mol. The van der Waals surface area contributed by atoms with Gasteiger partial charge in [-0.2, -0.15) is 0 Å². The Bertz CT molecular complexity index is 450. The highest BCUT2D eigenvalue weighted by Crippen LogP contribution is 2.19. The van der Waals surface area contributed by atoms with E-state index in [-0.39, 0.29) is 17.6 Å². The molecule has 2 rings (SSSR count). The van der Waals surface area contributed by atoms with Gasteiger partial charge in [-0.05, 0) is 31.9 Å². The van der Waals surface area contributed by atoms with Gasteiger partial charge in [0.2, 0.25) is 5.91 Å². The predicted molar refractivity (Wildman–Crippen MR) is 77.7 cm³/mol. The topological polar surface area (TPSA) is 32.3 Å². The molecular formula is C16H23FN2O. The maximum Gasteiger partial charge on any atom is 0.224 e. The molecule has 1 aromatic rings. The number of rotatable bonds is 5. The van der Waals surface area contributed by atoms with Crippen molar-refractivity contribution in [1.82, 2.24) is 10.2 Å². The Morgan fingerprint density at radius 3 is 3.00 bits per heavy atom. The van der Waals surface area contributed by atoms with E-state index >= 15 is 0 Å². The molecule has 4 heteroatoms. The summed E-state index contributed by atoms with van der Waals surface area (Å²) in [7, 11) is 0. The number of hydrogen-bond acceptors (Lipinski definition) is 2. The molecule has 1 aliphatic rings. The molecule has 1 amide bonds. The van der Waals surface area contributed by atoms with Crippen LogP contribution in [0.2, 0.25) is 0 Å². The molecule has 1 heterocycles. The van der Waals surface area contributed by atoms with E-state index in [0.29, 0.717) is 12.1 Å². The summed E-state index contributed by atoms with van der Waals surface area (Å²) in [5, 5.41) is 2.96. The number of amides is 1. The van der Waals surface area contributed by atoms with E-state index in [1.54, 1.807) is 6.07 Å². The quantitative estimate of drug-likeness (QED) is 0.898. The molecule has 0 aromatic heterocycles. The second-order valence-corrected chi connectivity index (χ2v) is 5.46. The van der Waals surface area contributed by atoms with Gasteiger partial charge in [0.15, 0.2) is 0 Å². The van der Waals surface area contributed by atoms with Crippen LogP contribution in [0.3, 0.4) is 0 Å². The minimum Gasteiger partial charge on any atom is -0.356 e. The third-order valence-corrected chi connectivity index (χ3v) is 3.78. The molecular weight excluding hydrogens is 255 g/mol. The number of piperidine rings is 1. The minimum absolute atomic E-state index is 0.0436. The van der Waals surface area contributed by atoms with E-state index in [2.05, 4.69) is 10.2 Å². The minimum atomic E-state index is -0.162. The zero-order valence-electron chi connectivity index (χ0n) is 12.1. The van der Waals surface area contributed by atoms with Gasteiger partial charge < -0.3 is 5.32 Å². The summed E-state index contributed by atoms with van der Waals surface area (Å²) < 4.78 is 13.7. The van der Waals surface area contributed by atoms with E-state index < -0.39 is 0 Å². The molecule has 3 nitrogen and oxygen atoms in total. The lowest BCUT2D eigenvalue weighted by atomic mass is 9.96. The second-order valence-electron chi connectivity index (χ2n) is 5.46. The van der Waals surface area contributed by atoms with E-state index in [0.717, 1.165) is 38.9 Å². The Hall–Kier alpha value is -1.42. The van der Waals surface area contributed by atoms with Gasteiger partial charge in [-0.25, -0.2) is 4.39 Å². The van der Waals surface area contributed by atoms with Crippen LogP contribution in [-0.2, 0) is 11.3 Å². The molecule has 20 heavy (non-hydrogen) atoms. The van der Waals surface area contributed by atoms with Gasteiger partial charge in [0, 0.05) is 25.2 Å². The first-order valence-corrected chi connectivity index (χ1v) is 7.44. The summed E-state index contributed by atoms with van der Waals surface area (Å²) in [4.78, 5) is 14.2. The largest absolute Gasteiger partial charge is 0.356 e. The van der Waals surface area contributed by atoms with Crippen LogP contribution in [-0.4, -0.2) is 30.4 Å². The molecule has 0 bridgehead atoms. The summed E-state index contributed by atoms with van der Waals surface area (Å²) in [5.74, 6) is 0.0252. The van der Waals surface area contributed by atoms with Crippen LogP contribution in [0, 0.1) is 11.7 Å². The van der Waals surface area contributed by atoms with Crippen molar-refractivity contribution < 1.29 is 9.18 Å². The van der Waals surface area contributed by atoms with Crippen LogP contribution >= 0.6 is 0 Å². The van der Waals surface area contributed by atoms with Crippen molar-refractivity contribution in [2.45, 2.75) is 32.7 Å². The van der Waals surface area contributed by atoms with Gasteiger partial charge in [0.05, 0.1) is 5.92 Å². The standard InChI is InChI=1S/C16H23FN2O/c1-2-9-18-16(20)14-7-5-10-19(12-14)11-13-6-3-4-8-15(13)17/h3-4,6,8,14H,2,5,7,9-12H2,1H3,(H,18,20). The maximum absolute atomic E-state index is 13.7. The normalized spacial score (nSPS) is 19.8. The number of halogens is 1. The molecule has 0 saturated carbocycles. The fourth-order valence-electron chi connectivity index (χ4n) is 2.67. The maximum atomic E-state index is 13.7. The van der Waals surface area contributed by atoms with E-state index in [4.69, 9.17) is 0 Å². The number of benzene rings is 1. The Morgan fingerprint density at radius 1 is 1.45 bits per heavy atom. The summed E-state index contributed by atoms with van der Waals surface area (Å²) in [6.45, 7) is 5.04. The first-order chi connectivity index (χ1) is 9.70. The molecule has 0 spiro atoms. The lowest BCUT2D eigenvalue weighted by Crippen LogP contribution is -2.42. The first-order valence-electron chi connectivity index (χ1n) is 7.44. The summed E-state index contributed by atoms with van der Waals surface area (Å²) in [6, 6.07) is 6.87. The van der Waals surface area contributed by atoms with E-state index in [1.807, 2.05) is 19.1 Å². The van der Waals surface area contributed by atoms with Crippen molar-refractivity contribution in [2.75, 3.05) is 19.6 Å². The molecule has 1 atom stereocenters. The fourth-order valence-corrected chi connectivity index (χ4v) is 2.67. The Kier molecular flexibility index (Phi) is 5.53. The fraction of sp³-hybridized carbons (Fsp3) is 0.562. The molecule has 1 unspecified atom stereocenters. The Labute approximate surface area is 120 Å². The van der Waals surface area contributed by atoms with Crippen LogP contribution < -0.4 is 5.32 Å². The van der Waals surface area contributed by atoms with Gasteiger partial charge >= 0.3 is 0 Å². The van der Waals surface area contributed by atoms with Gasteiger partial charge in [-0.1, -0.05) is 25.1 Å². The van der Waals surface area contributed by atoms with Gasteiger partial charge in [-0.15, -0.1) is 0 Å². The number of hydrogen-bond donors (Lipinski definition) is 1. The highest BCUT2D eigenvalue weighted by atomic mass is 19.1. The summed E-state index contributed by atoms with van der Waals surface area (Å²) in [5.41, 5.74) is 0.710. The van der Waals surface area contributed by atoms with Crippen LogP contribution in [0.1, 0.15) is 31.7 Å². The van der Waals surface area contributed by atoms with Crippen molar-refractivity contribution in [3.05, 3.63) is 35.6 Å². The van der Waals surface area contributed by atoms with Gasteiger partial charge in [0.1, 0.15) is 5.82 Å². The van der Waals surface area contributed by atoms with Crippen LogP contribution in [0.5, 0.6) is 0 Å². The zero-order chi connectivity index (χ0) is 14.4. The molecule has 1 saturated heterocycles. The predicted octanol–water partition coefficient (Wildman–Crippen LogP) is 2.56. The Morgan fingerprint density at radius 2 is 2.25 bits per heavy atom. The third-order valence-electron chi connectivity index (χ3n) is 3.78. The molecule has 0 aliphatic carbocycles. The average molecular weight is 278 g/mol. The number of carbonyl (C=O) groups excluding carboxylic acids is 1. The zero-order valence-corrected chi connectivity index (χ0v) is 12.1. The Balaban J connectivity index is 1.90. The number of likely N-dealkylation sites (tertiary alicyclic amines) is 1. The second kappa shape index (κ2) is 7.39. The molecule has 110 valence electrons. The van der Waals surface area contributed by atoms with Crippen LogP contribution in [0.25, 0.3) is 0 Å². The van der Waals surface area contributed by atoms with Crippen molar-refractivity contribution in [1.29, 1.82) is 0 Å². The number of nitrogens with one attached hydrogen (secondary N) is 1. The smallest absolute Gasteiger partial charge is 0.224 e. The molecule has 1 aromatic carbocycles. The van der Waals surface area contributed by atoms with Crippen LogP contribution in [0.4, 0.5) is 4.39 Å². The molecule has 1 fully saturated rings. The highest BCUT2D eigenvalue weighted by Gasteiger charge is 2.25. The SMILES string of the molecule is CCCNC(=O)C1CCCN(Cc2ccccc2F)C1. The number of carbonyl (C=O) groups is 1. The molecule has 1 aliphatic heterocycles. The summed E-state index contributed by atoms with van der Waals surface area (Å²) in [6.07, 6.45) is 2.89. The number of nitrogens with zero attached hydrogens (tertiary/aromatic N) is 1.